The first-order valence-electron chi connectivity index (χ1n) is 11.0. The third-order valence-electron chi connectivity index (χ3n) is 7.75. The topological polar surface area (TPSA) is 73.0 Å². The lowest BCUT2D eigenvalue weighted by molar-refractivity contribution is -0.141. The van der Waals surface area contributed by atoms with Crippen LogP contribution in [0.4, 0.5) is 10.5 Å². The molecule has 2 atom stereocenters. The fraction of sp³-hybridized carbons (Fsp3) is 0.609. The number of urea groups is 1. The van der Waals surface area contributed by atoms with E-state index in [4.69, 9.17) is 11.6 Å². The van der Waals surface area contributed by atoms with Gasteiger partial charge in [0.2, 0.25) is 11.8 Å². The van der Waals surface area contributed by atoms with Crippen molar-refractivity contribution in [1.29, 1.82) is 0 Å². The second-order valence-corrected chi connectivity index (χ2v) is 10.0. The summed E-state index contributed by atoms with van der Waals surface area (Å²) in [4.78, 5) is 43.6. The van der Waals surface area contributed by atoms with Gasteiger partial charge < -0.3 is 20.0 Å². The van der Waals surface area contributed by atoms with Crippen molar-refractivity contribution in [3.63, 3.8) is 0 Å². The maximum absolute atomic E-state index is 13.2. The Morgan fingerprint density at radius 2 is 1.81 bits per heavy atom. The Morgan fingerprint density at radius 1 is 1.10 bits per heavy atom. The molecule has 1 aromatic carbocycles. The number of hydrogen-bond acceptors (Lipinski definition) is 3. The number of carbonyl (C=O) groups excluding carboxylic acids is 3. The van der Waals surface area contributed by atoms with Crippen molar-refractivity contribution in [1.82, 2.24) is 14.7 Å². The van der Waals surface area contributed by atoms with Gasteiger partial charge in [-0.2, -0.15) is 0 Å². The molecule has 2 saturated heterocycles. The number of anilines is 1. The molecule has 4 amide bonds. The number of rotatable bonds is 2. The van der Waals surface area contributed by atoms with Gasteiger partial charge in [-0.3, -0.25) is 9.59 Å². The van der Waals surface area contributed by atoms with E-state index in [2.05, 4.69) is 5.32 Å². The molecule has 0 aromatic heterocycles. The fourth-order valence-electron chi connectivity index (χ4n) is 6.12. The van der Waals surface area contributed by atoms with Crippen molar-refractivity contribution in [2.45, 2.75) is 32.6 Å². The number of piperidine rings is 1. The van der Waals surface area contributed by atoms with Crippen LogP contribution in [0.2, 0.25) is 5.02 Å². The standard InChI is InChI=1S/C23H31ClN4O3/c1-16(29)28-14-19-22(7-8-23(19,15-28)20(30)26(2)3)9-11-27(12-10-22)21(31)25-18-6-4-5-17(24)13-18/h4-6,13,19H,7-12,14-15H2,1-3H3,(H,25,31)/t19-,23+/m1/s1. The minimum Gasteiger partial charge on any atom is -0.348 e. The van der Waals surface area contributed by atoms with Crippen molar-refractivity contribution in [2.24, 2.45) is 16.7 Å². The van der Waals surface area contributed by atoms with Gasteiger partial charge >= 0.3 is 6.03 Å². The van der Waals surface area contributed by atoms with Crippen LogP contribution in [0.3, 0.4) is 0 Å². The monoisotopic (exact) mass is 446 g/mol. The highest BCUT2D eigenvalue weighted by Crippen LogP contribution is 2.62. The number of likely N-dealkylation sites (tertiary alicyclic amines) is 2. The zero-order valence-electron chi connectivity index (χ0n) is 18.5. The fourth-order valence-corrected chi connectivity index (χ4v) is 6.31. The van der Waals surface area contributed by atoms with E-state index in [1.807, 2.05) is 21.9 Å². The summed E-state index contributed by atoms with van der Waals surface area (Å²) in [6.45, 7) is 4.04. The molecule has 3 aliphatic rings. The van der Waals surface area contributed by atoms with Crippen LogP contribution in [-0.2, 0) is 9.59 Å². The van der Waals surface area contributed by atoms with E-state index >= 15 is 0 Å². The zero-order chi connectivity index (χ0) is 22.4. The Balaban J connectivity index is 1.48. The number of fused-ring (bicyclic) bond motifs is 2. The zero-order valence-corrected chi connectivity index (χ0v) is 19.2. The SMILES string of the molecule is CC(=O)N1C[C@@H]2C3(CCN(C(=O)Nc4cccc(Cl)c4)CC3)CC[C@]2(C(=O)N(C)C)C1. The number of nitrogens with one attached hydrogen (secondary N) is 1. The normalized spacial score (nSPS) is 26.6. The molecule has 3 fully saturated rings. The summed E-state index contributed by atoms with van der Waals surface area (Å²) in [5, 5.41) is 3.51. The largest absolute Gasteiger partial charge is 0.348 e. The van der Waals surface area contributed by atoms with Crippen LogP contribution >= 0.6 is 11.6 Å². The van der Waals surface area contributed by atoms with Crippen LogP contribution in [0.5, 0.6) is 0 Å². The molecular weight excluding hydrogens is 416 g/mol. The summed E-state index contributed by atoms with van der Waals surface area (Å²) in [6, 6.07) is 7.02. The lowest BCUT2D eigenvalue weighted by atomic mass is 9.65. The maximum Gasteiger partial charge on any atom is 0.321 e. The predicted octanol–water partition coefficient (Wildman–Crippen LogP) is 3.30. The number of nitrogens with zero attached hydrogens (tertiary/aromatic N) is 3. The van der Waals surface area contributed by atoms with E-state index in [-0.39, 0.29) is 29.2 Å². The Bertz CT molecular complexity index is 897. The van der Waals surface area contributed by atoms with Gasteiger partial charge in [0.1, 0.15) is 0 Å². The molecule has 0 unspecified atom stereocenters. The van der Waals surface area contributed by atoms with E-state index in [1.165, 1.54) is 0 Å². The second kappa shape index (κ2) is 8.01. The molecule has 8 heteroatoms. The van der Waals surface area contributed by atoms with Gasteiger partial charge in [-0.1, -0.05) is 17.7 Å². The molecule has 7 nitrogen and oxygen atoms in total. The van der Waals surface area contributed by atoms with Crippen molar-refractivity contribution in [2.75, 3.05) is 45.6 Å². The molecule has 1 N–H and O–H groups in total. The number of halogens is 1. The lowest BCUT2D eigenvalue weighted by Crippen LogP contribution is -2.50. The Kier molecular flexibility index (Phi) is 5.66. The summed E-state index contributed by atoms with van der Waals surface area (Å²) in [6.07, 6.45) is 3.50. The highest BCUT2D eigenvalue weighted by atomic mass is 35.5. The van der Waals surface area contributed by atoms with Crippen molar-refractivity contribution in [3.05, 3.63) is 29.3 Å². The minimum absolute atomic E-state index is 0.00268. The molecule has 31 heavy (non-hydrogen) atoms. The molecule has 0 radical (unpaired) electrons. The first-order chi connectivity index (χ1) is 14.7. The quantitative estimate of drug-likeness (QED) is 0.757. The first kappa shape index (κ1) is 21.9. The summed E-state index contributed by atoms with van der Waals surface area (Å²) in [5.41, 5.74) is 0.199. The van der Waals surface area contributed by atoms with Crippen LogP contribution in [0.25, 0.3) is 0 Å². The molecule has 2 heterocycles. The van der Waals surface area contributed by atoms with Gasteiger partial charge in [0.25, 0.3) is 0 Å². The van der Waals surface area contributed by atoms with Crippen LogP contribution in [0.15, 0.2) is 24.3 Å². The van der Waals surface area contributed by atoms with Crippen molar-refractivity contribution in [3.8, 4) is 0 Å². The average molecular weight is 447 g/mol. The molecule has 2 aliphatic heterocycles. The number of carbonyl (C=O) groups is 3. The maximum atomic E-state index is 13.2. The van der Waals surface area contributed by atoms with Crippen LogP contribution in [0.1, 0.15) is 32.6 Å². The Hall–Kier alpha value is -2.28. The lowest BCUT2D eigenvalue weighted by Gasteiger charge is -2.44. The molecule has 1 saturated carbocycles. The minimum atomic E-state index is -0.486. The summed E-state index contributed by atoms with van der Waals surface area (Å²) < 4.78 is 0. The second-order valence-electron chi connectivity index (χ2n) is 9.60. The van der Waals surface area contributed by atoms with Crippen molar-refractivity contribution < 1.29 is 14.4 Å². The molecule has 1 aliphatic carbocycles. The molecule has 1 spiro atoms. The van der Waals surface area contributed by atoms with Gasteiger partial charge in [-0.15, -0.1) is 0 Å². The number of benzene rings is 1. The van der Waals surface area contributed by atoms with E-state index in [9.17, 15) is 14.4 Å². The van der Waals surface area contributed by atoms with E-state index in [1.54, 1.807) is 38.1 Å². The van der Waals surface area contributed by atoms with Gasteiger partial charge in [0, 0.05) is 57.9 Å². The Morgan fingerprint density at radius 3 is 2.42 bits per heavy atom. The molecule has 4 rings (SSSR count). The third-order valence-corrected chi connectivity index (χ3v) is 7.99. The van der Waals surface area contributed by atoms with Crippen molar-refractivity contribution >= 4 is 35.1 Å². The smallest absolute Gasteiger partial charge is 0.321 e. The summed E-state index contributed by atoms with van der Waals surface area (Å²) in [7, 11) is 3.61. The molecule has 0 bridgehead atoms. The molecular formula is C23H31ClN4O3. The van der Waals surface area contributed by atoms with Crippen LogP contribution < -0.4 is 5.32 Å². The average Bonchev–Trinajstić information content (AvgIpc) is 3.25. The van der Waals surface area contributed by atoms with Gasteiger partial charge in [0.15, 0.2) is 0 Å². The highest BCUT2D eigenvalue weighted by molar-refractivity contribution is 6.30. The van der Waals surface area contributed by atoms with Gasteiger partial charge in [0.05, 0.1) is 5.41 Å². The summed E-state index contributed by atoms with van der Waals surface area (Å²) in [5.74, 6) is 0.324. The van der Waals surface area contributed by atoms with Crippen LogP contribution in [0, 0.1) is 16.7 Å². The Labute approximate surface area is 188 Å². The van der Waals surface area contributed by atoms with E-state index in [0.717, 1.165) is 25.7 Å². The highest BCUT2D eigenvalue weighted by Gasteiger charge is 2.65. The van der Waals surface area contributed by atoms with Crippen LogP contribution in [-0.4, -0.2) is 72.8 Å². The molecule has 168 valence electrons. The third kappa shape index (κ3) is 3.77. The number of hydrogen-bond donors (Lipinski definition) is 1. The van der Waals surface area contributed by atoms with Gasteiger partial charge in [-0.25, -0.2) is 4.79 Å². The summed E-state index contributed by atoms with van der Waals surface area (Å²) >= 11 is 6.02. The first-order valence-corrected chi connectivity index (χ1v) is 11.3. The van der Waals surface area contributed by atoms with E-state index in [0.29, 0.717) is 36.9 Å². The molecule has 1 aromatic rings. The number of amides is 4. The predicted molar refractivity (Wildman–Crippen MR) is 120 cm³/mol. The van der Waals surface area contributed by atoms with E-state index < -0.39 is 5.41 Å². The van der Waals surface area contributed by atoms with Gasteiger partial charge in [-0.05, 0) is 55.2 Å².